The van der Waals surface area contributed by atoms with Crippen LogP contribution in [-0.2, 0) is 9.59 Å². The first kappa shape index (κ1) is 49.4. The van der Waals surface area contributed by atoms with Gasteiger partial charge in [-0.25, -0.2) is 0 Å². The van der Waals surface area contributed by atoms with Crippen LogP contribution in [0.2, 0.25) is 0 Å². The zero-order chi connectivity index (χ0) is 44.3. The minimum Gasteiger partial charge on any atom is -0.550 e. The Morgan fingerprint density at radius 2 is 0.500 bits per heavy atom. The molecule has 0 bridgehead atoms. The molecule has 0 amide bonds. The summed E-state index contributed by atoms with van der Waals surface area (Å²) in [5.41, 5.74) is 7.68. The number of hydrogen-bond acceptors (Lipinski definition) is 6. The number of carbonyl (C=O) groups excluding carboxylic acids is 2. The Morgan fingerprint density at radius 3 is 0.617 bits per heavy atom. The van der Waals surface area contributed by atoms with Gasteiger partial charge in [0.1, 0.15) is 46.4 Å². The van der Waals surface area contributed by atoms with Gasteiger partial charge in [0.2, 0.25) is 0 Å². The molecule has 0 radical (unpaired) electrons. The summed E-state index contributed by atoms with van der Waals surface area (Å²) in [6.45, 7) is 15.2. The maximum Gasteiger partial charge on any atom is 0.112 e. The highest BCUT2D eigenvalue weighted by Gasteiger charge is 2.46. The average Bonchev–Trinajstić information content (AvgIpc) is 3.21. The Bertz CT molecular complexity index is 1790. The number of aryl methyl sites for hydroxylation is 6. The molecule has 60 heavy (non-hydrogen) atoms. The molecule has 316 valence electrons. The smallest absolute Gasteiger partial charge is 0.112 e. The van der Waals surface area contributed by atoms with E-state index in [1.165, 1.54) is 65.2 Å². The fraction of sp³-hybridized carbons (Fsp3) is 0.269. The van der Waals surface area contributed by atoms with Gasteiger partial charge < -0.3 is 30.0 Å². The topological polar surface area (TPSA) is 121 Å². The van der Waals surface area contributed by atoms with E-state index >= 15 is 0 Å². The third kappa shape index (κ3) is 14.1. The van der Waals surface area contributed by atoms with Crippen molar-refractivity contribution in [3.63, 3.8) is 0 Å². The van der Waals surface area contributed by atoms with Gasteiger partial charge in [-0.2, -0.15) is 0 Å². The highest BCUT2D eigenvalue weighted by molar-refractivity contribution is 7.96. The second-order valence-electron chi connectivity index (χ2n) is 15.2. The highest BCUT2D eigenvalue weighted by Crippen LogP contribution is 2.57. The predicted octanol–water partition coefficient (Wildman–Crippen LogP) is 6.09. The molecular formula is C52H62O6P2. The van der Waals surface area contributed by atoms with E-state index in [9.17, 15) is 10.2 Å². The lowest BCUT2D eigenvalue weighted by Crippen LogP contribution is -2.33. The maximum atomic E-state index is 9.62. The van der Waals surface area contributed by atoms with Crippen LogP contribution in [0.25, 0.3) is 0 Å². The molecule has 0 saturated heterocycles. The molecule has 0 aliphatic carbocycles. The van der Waals surface area contributed by atoms with Crippen LogP contribution in [0.4, 0.5) is 0 Å². The Balaban J connectivity index is 0.000000272. The molecule has 6 rings (SSSR count). The molecule has 0 saturated carbocycles. The molecule has 0 aliphatic heterocycles. The van der Waals surface area contributed by atoms with Crippen molar-refractivity contribution < 1.29 is 30.0 Å². The Morgan fingerprint density at radius 1 is 0.367 bits per heavy atom. The molecule has 0 atom stereocenters. The monoisotopic (exact) mass is 844 g/mol. The Hall–Kier alpha value is -4.96. The summed E-state index contributed by atoms with van der Waals surface area (Å²) in [6, 6.07) is 54.1. The third-order valence-electron chi connectivity index (χ3n) is 10.2. The minimum atomic E-state index is -1.79. The van der Waals surface area contributed by atoms with Crippen LogP contribution in [0.15, 0.2) is 146 Å². The van der Waals surface area contributed by atoms with E-state index in [0.29, 0.717) is 0 Å². The zero-order valence-corrected chi connectivity index (χ0v) is 38.3. The summed E-state index contributed by atoms with van der Waals surface area (Å²) in [7, 11) is -3.58. The maximum absolute atomic E-state index is 9.62. The molecule has 8 heteroatoms. The normalized spacial score (nSPS) is 10.8. The van der Waals surface area contributed by atoms with Crippen LogP contribution < -0.4 is 42.0 Å². The molecule has 0 fully saturated rings. The molecule has 6 aromatic carbocycles. The first-order valence-electron chi connectivity index (χ1n) is 20.4. The SMILES string of the molecule is CC(=O)[O-].CC(=O)[O-].Cc1ccc([P+](CCCO)(c2ccc(C)cc2)c2ccc(C)cc2)cc1.Cc1ccc([P+](CCCO)(c2ccc(C)cc2)c2ccc(C)cc2)cc1. The van der Waals surface area contributed by atoms with Crippen molar-refractivity contribution in [2.45, 2.75) is 68.2 Å². The van der Waals surface area contributed by atoms with Crippen molar-refractivity contribution in [3.05, 3.63) is 179 Å². The molecule has 6 aromatic rings. The molecule has 0 heterocycles. The van der Waals surface area contributed by atoms with Crippen molar-refractivity contribution in [2.75, 3.05) is 25.5 Å². The molecule has 0 aromatic heterocycles. The lowest BCUT2D eigenvalue weighted by Gasteiger charge is -2.28. The van der Waals surface area contributed by atoms with Crippen LogP contribution in [0.5, 0.6) is 0 Å². The van der Waals surface area contributed by atoms with Gasteiger partial charge in [0.25, 0.3) is 0 Å². The first-order chi connectivity index (χ1) is 28.6. The summed E-state index contributed by atoms with van der Waals surface area (Å²) in [5.74, 6) is -2.17. The molecule has 6 nitrogen and oxygen atoms in total. The predicted molar refractivity (Wildman–Crippen MR) is 253 cm³/mol. The van der Waals surface area contributed by atoms with Gasteiger partial charge in [-0.15, -0.1) is 0 Å². The van der Waals surface area contributed by atoms with Crippen molar-refractivity contribution in [1.82, 2.24) is 0 Å². The van der Waals surface area contributed by atoms with Gasteiger partial charge >= 0.3 is 0 Å². The van der Waals surface area contributed by atoms with Crippen molar-refractivity contribution >= 4 is 58.3 Å². The van der Waals surface area contributed by atoms with E-state index in [1.807, 2.05) is 0 Å². The number of hydrogen-bond donors (Lipinski definition) is 2. The first-order valence-corrected chi connectivity index (χ1v) is 24.3. The van der Waals surface area contributed by atoms with Gasteiger partial charge in [-0.1, -0.05) is 106 Å². The van der Waals surface area contributed by atoms with Crippen molar-refractivity contribution in [3.8, 4) is 0 Å². The Kier molecular flexibility index (Phi) is 20.0. The largest absolute Gasteiger partial charge is 0.550 e. The molecule has 0 aliphatic rings. The second-order valence-corrected chi connectivity index (χ2v) is 22.4. The summed E-state index contributed by atoms with van der Waals surface area (Å²) >= 11 is 0. The van der Waals surface area contributed by atoms with E-state index in [1.54, 1.807) is 0 Å². The van der Waals surface area contributed by atoms with Gasteiger partial charge in [-0.05, 0) is 128 Å². The summed E-state index contributed by atoms with van der Waals surface area (Å²) in [4.78, 5) is 17.8. The van der Waals surface area contributed by atoms with Crippen LogP contribution in [-0.4, -0.2) is 47.7 Å². The number of aliphatic hydroxyl groups excluding tert-OH is 2. The second kappa shape index (κ2) is 24.3. The van der Waals surface area contributed by atoms with E-state index in [4.69, 9.17) is 19.8 Å². The van der Waals surface area contributed by atoms with Gasteiger partial charge in [0.05, 0.1) is 12.3 Å². The Labute approximate surface area is 359 Å². The van der Waals surface area contributed by atoms with Crippen molar-refractivity contribution in [2.24, 2.45) is 0 Å². The third-order valence-corrected chi connectivity index (χ3v) is 19.2. The molecule has 0 unspecified atom stereocenters. The quantitative estimate of drug-likeness (QED) is 0.144. The lowest BCUT2D eigenvalue weighted by molar-refractivity contribution is -0.303. The number of aliphatic hydroxyl groups is 2. The van der Waals surface area contributed by atoms with Crippen LogP contribution >= 0.6 is 14.5 Å². The fourth-order valence-electron chi connectivity index (χ4n) is 7.08. The number of carbonyl (C=O) groups is 2. The number of rotatable bonds is 12. The van der Waals surface area contributed by atoms with Gasteiger partial charge in [0, 0.05) is 38.0 Å². The molecule has 0 spiro atoms. The van der Waals surface area contributed by atoms with E-state index < -0.39 is 26.5 Å². The van der Waals surface area contributed by atoms with E-state index in [-0.39, 0.29) is 13.2 Å². The van der Waals surface area contributed by atoms with Crippen LogP contribution in [0.3, 0.4) is 0 Å². The number of carboxylic acid groups (broad SMARTS) is 2. The standard InChI is InChI=1S/2C24H28OP.2C2H4O2/c2*1-19-5-11-22(12-6-19)26(18-4-17-25,23-13-7-20(2)8-14-23)24-15-9-21(3)10-16-24;2*1-2(3)4/h2*5-16,25H,4,17-18H2,1-3H3;2*1H3,(H,3,4)/q2*+1;;/p-2. The zero-order valence-electron chi connectivity index (χ0n) is 36.5. The lowest BCUT2D eigenvalue weighted by atomic mass is 10.2. The number of aliphatic carboxylic acids is 2. The van der Waals surface area contributed by atoms with E-state index in [0.717, 1.165) is 39.0 Å². The summed E-state index contributed by atoms with van der Waals surface area (Å²) in [6.07, 6.45) is 3.59. The van der Waals surface area contributed by atoms with Gasteiger partial charge in [0.15, 0.2) is 0 Å². The minimum absolute atomic E-state index is 0.228. The summed E-state index contributed by atoms with van der Waals surface area (Å²) < 4.78 is 0. The van der Waals surface area contributed by atoms with Gasteiger partial charge in [-0.3, -0.25) is 0 Å². The van der Waals surface area contributed by atoms with Crippen LogP contribution in [0.1, 0.15) is 60.1 Å². The molecule has 2 N–H and O–H groups in total. The number of carboxylic acids is 2. The van der Waals surface area contributed by atoms with Crippen LogP contribution in [0, 0.1) is 41.5 Å². The average molecular weight is 845 g/mol. The van der Waals surface area contributed by atoms with Crippen molar-refractivity contribution in [1.29, 1.82) is 0 Å². The summed E-state index contributed by atoms with van der Waals surface area (Å²) in [5, 5.41) is 45.4. The van der Waals surface area contributed by atoms with E-state index in [2.05, 4.69) is 187 Å². The molecular weight excluding hydrogens is 783 g/mol. The fourth-order valence-corrected chi connectivity index (χ4v) is 15.6. The highest BCUT2D eigenvalue weighted by atomic mass is 31.2. The number of benzene rings is 6.